The molecule has 88 valence electrons. The molecule has 1 aromatic carbocycles. The number of rotatable bonds is 1. The van der Waals surface area contributed by atoms with E-state index in [0.29, 0.717) is 5.56 Å². The maximum atomic E-state index is 11.6. The molecule has 2 rings (SSSR count). The normalized spacial score (nSPS) is 10.6. The summed E-state index contributed by atoms with van der Waals surface area (Å²) in [5, 5.41) is 0. The van der Waals surface area contributed by atoms with Crippen LogP contribution in [-0.4, -0.2) is 9.97 Å². The van der Waals surface area contributed by atoms with Gasteiger partial charge in [0.25, 0.3) is 5.56 Å². The Morgan fingerprint density at radius 1 is 1.00 bits per heavy atom. The minimum Gasteiger partial charge on any atom is -0.313 e. The SMILES string of the molecule is Cc1cc(C)c(-c2nc[nH]c(=O)c2C)cc1C. The monoisotopic (exact) mass is 228 g/mol. The van der Waals surface area contributed by atoms with Crippen molar-refractivity contribution in [3.63, 3.8) is 0 Å². The zero-order valence-electron chi connectivity index (χ0n) is 10.6. The highest BCUT2D eigenvalue weighted by Crippen LogP contribution is 2.25. The van der Waals surface area contributed by atoms with Crippen molar-refractivity contribution >= 4 is 0 Å². The van der Waals surface area contributed by atoms with Crippen LogP contribution in [-0.2, 0) is 0 Å². The molecule has 2 aromatic rings. The van der Waals surface area contributed by atoms with E-state index in [-0.39, 0.29) is 5.56 Å². The molecule has 0 aliphatic carbocycles. The highest BCUT2D eigenvalue weighted by Gasteiger charge is 2.10. The van der Waals surface area contributed by atoms with Gasteiger partial charge in [-0.1, -0.05) is 6.07 Å². The van der Waals surface area contributed by atoms with Crippen LogP contribution in [0, 0.1) is 27.7 Å². The molecule has 3 heteroatoms. The first kappa shape index (κ1) is 11.6. The zero-order valence-corrected chi connectivity index (χ0v) is 10.6. The lowest BCUT2D eigenvalue weighted by atomic mass is 9.97. The Hall–Kier alpha value is -1.90. The summed E-state index contributed by atoms with van der Waals surface area (Å²) < 4.78 is 0. The van der Waals surface area contributed by atoms with Crippen molar-refractivity contribution in [2.24, 2.45) is 0 Å². The van der Waals surface area contributed by atoms with Crippen LogP contribution in [0.1, 0.15) is 22.3 Å². The van der Waals surface area contributed by atoms with E-state index < -0.39 is 0 Å². The van der Waals surface area contributed by atoms with Gasteiger partial charge >= 0.3 is 0 Å². The van der Waals surface area contributed by atoms with E-state index in [0.717, 1.165) is 16.8 Å². The molecule has 1 aromatic heterocycles. The molecule has 0 atom stereocenters. The molecule has 0 radical (unpaired) electrons. The van der Waals surface area contributed by atoms with E-state index in [9.17, 15) is 4.79 Å². The number of hydrogen-bond donors (Lipinski definition) is 1. The van der Waals surface area contributed by atoms with Crippen molar-refractivity contribution in [3.8, 4) is 11.3 Å². The second-order valence-electron chi connectivity index (χ2n) is 4.46. The largest absolute Gasteiger partial charge is 0.313 e. The molecule has 0 saturated heterocycles. The van der Waals surface area contributed by atoms with Crippen LogP contribution in [0.2, 0.25) is 0 Å². The van der Waals surface area contributed by atoms with E-state index in [1.165, 1.54) is 17.5 Å². The third-order valence-electron chi connectivity index (χ3n) is 3.18. The Bertz CT molecular complexity index is 627. The molecule has 0 aliphatic rings. The predicted molar refractivity (Wildman–Crippen MR) is 69.2 cm³/mol. The van der Waals surface area contributed by atoms with Crippen LogP contribution in [0.5, 0.6) is 0 Å². The van der Waals surface area contributed by atoms with Crippen LogP contribution < -0.4 is 5.56 Å². The first-order chi connectivity index (χ1) is 8.00. The molecule has 0 amide bonds. The molecular formula is C14H16N2O. The lowest BCUT2D eigenvalue weighted by Gasteiger charge is -2.10. The standard InChI is InChI=1S/C14H16N2O/c1-8-5-10(3)12(6-9(8)2)13-11(4)14(17)16-7-15-13/h5-7H,1-4H3,(H,15,16,17). The van der Waals surface area contributed by atoms with Gasteiger partial charge < -0.3 is 4.98 Å². The minimum atomic E-state index is -0.0763. The molecule has 1 N–H and O–H groups in total. The molecule has 0 unspecified atom stereocenters. The van der Waals surface area contributed by atoms with Crippen molar-refractivity contribution in [2.75, 3.05) is 0 Å². The second-order valence-corrected chi connectivity index (χ2v) is 4.46. The average molecular weight is 228 g/mol. The van der Waals surface area contributed by atoms with Crippen molar-refractivity contribution in [3.05, 3.63) is 51.1 Å². The van der Waals surface area contributed by atoms with E-state index in [2.05, 4.69) is 35.9 Å². The summed E-state index contributed by atoms with van der Waals surface area (Å²) >= 11 is 0. The van der Waals surface area contributed by atoms with E-state index >= 15 is 0 Å². The van der Waals surface area contributed by atoms with Crippen molar-refractivity contribution < 1.29 is 0 Å². The number of aromatic nitrogens is 2. The third kappa shape index (κ3) is 2.00. The predicted octanol–water partition coefficient (Wildman–Crippen LogP) is 2.67. The summed E-state index contributed by atoms with van der Waals surface area (Å²) in [5.74, 6) is 0. The van der Waals surface area contributed by atoms with E-state index in [1.54, 1.807) is 6.92 Å². The summed E-state index contributed by atoms with van der Waals surface area (Å²) in [6.07, 6.45) is 1.46. The average Bonchev–Trinajstić information content (AvgIpc) is 2.28. The fraction of sp³-hybridized carbons (Fsp3) is 0.286. The lowest BCUT2D eigenvalue weighted by Crippen LogP contribution is -2.11. The molecule has 0 bridgehead atoms. The number of hydrogen-bond acceptors (Lipinski definition) is 2. The summed E-state index contributed by atoms with van der Waals surface area (Å²) in [5.41, 5.74) is 6.02. The molecule has 0 spiro atoms. The van der Waals surface area contributed by atoms with Crippen molar-refractivity contribution in [1.29, 1.82) is 0 Å². The smallest absolute Gasteiger partial charge is 0.254 e. The van der Waals surface area contributed by atoms with Gasteiger partial charge in [-0.15, -0.1) is 0 Å². The minimum absolute atomic E-state index is 0.0763. The Labute approximate surface area is 101 Å². The fourth-order valence-electron chi connectivity index (χ4n) is 1.96. The van der Waals surface area contributed by atoms with Gasteiger partial charge in [0.15, 0.2) is 0 Å². The summed E-state index contributed by atoms with van der Waals surface area (Å²) in [7, 11) is 0. The van der Waals surface area contributed by atoms with Crippen molar-refractivity contribution in [2.45, 2.75) is 27.7 Å². The summed E-state index contributed by atoms with van der Waals surface area (Å²) in [4.78, 5) is 18.5. The highest BCUT2D eigenvalue weighted by atomic mass is 16.1. The van der Waals surface area contributed by atoms with E-state index in [1.807, 2.05) is 6.92 Å². The van der Waals surface area contributed by atoms with Gasteiger partial charge in [0.05, 0.1) is 12.0 Å². The Balaban J connectivity index is 2.73. The molecule has 1 heterocycles. The van der Waals surface area contributed by atoms with Crippen LogP contribution in [0.4, 0.5) is 0 Å². The first-order valence-electron chi connectivity index (χ1n) is 5.63. The molecule has 17 heavy (non-hydrogen) atoms. The van der Waals surface area contributed by atoms with Crippen LogP contribution >= 0.6 is 0 Å². The highest BCUT2D eigenvalue weighted by molar-refractivity contribution is 5.67. The fourth-order valence-corrected chi connectivity index (χ4v) is 1.96. The third-order valence-corrected chi connectivity index (χ3v) is 3.18. The van der Waals surface area contributed by atoms with Gasteiger partial charge in [-0.3, -0.25) is 4.79 Å². The van der Waals surface area contributed by atoms with Gasteiger partial charge in [-0.2, -0.15) is 0 Å². The van der Waals surface area contributed by atoms with Gasteiger partial charge in [0.1, 0.15) is 0 Å². The van der Waals surface area contributed by atoms with Crippen LogP contribution in [0.3, 0.4) is 0 Å². The van der Waals surface area contributed by atoms with Crippen molar-refractivity contribution in [1.82, 2.24) is 9.97 Å². The molecular weight excluding hydrogens is 212 g/mol. The van der Waals surface area contributed by atoms with Gasteiger partial charge in [-0.25, -0.2) is 4.98 Å². The van der Waals surface area contributed by atoms with Crippen LogP contribution in [0.25, 0.3) is 11.3 Å². The number of H-pyrrole nitrogens is 1. The second kappa shape index (κ2) is 4.17. The number of aromatic amines is 1. The zero-order chi connectivity index (χ0) is 12.6. The Kier molecular flexibility index (Phi) is 2.84. The van der Waals surface area contributed by atoms with E-state index in [4.69, 9.17) is 0 Å². The number of nitrogens with one attached hydrogen (secondary N) is 1. The first-order valence-corrected chi connectivity index (χ1v) is 5.63. The molecule has 3 nitrogen and oxygen atoms in total. The summed E-state index contributed by atoms with van der Waals surface area (Å²) in [6, 6.07) is 4.23. The van der Waals surface area contributed by atoms with Gasteiger partial charge in [0, 0.05) is 11.1 Å². The Morgan fingerprint density at radius 3 is 2.35 bits per heavy atom. The van der Waals surface area contributed by atoms with Gasteiger partial charge in [-0.05, 0) is 50.5 Å². The summed E-state index contributed by atoms with van der Waals surface area (Å²) in [6.45, 7) is 8.00. The Morgan fingerprint density at radius 2 is 1.65 bits per heavy atom. The maximum absolute atomic E-state index is 11.6. The molecule has 0 saturated carbocycles. The lowest BCUT2D eigenvalue weighted by molar-refractivity contribution is 1.08. The topological polar surface area (TPSA) is 45.8 Å². The number of benzene rings is 1. The quantitative estimate of drug-likeness (QED) is 0.815. The maximum Gasteiger partial charge on any atom is 0.254 e. The number of aryl methyl sites for hydroxylation is 3. The number of nitrogens with zero attached hydrogens (tertiary/aromatic N) is 1. The molecule has 0 fully saturated rings. The molecule has 0 aliphatic heterocycles. The van der Waals surface area contributed by atoms with Gasteiger partial charge in [0.2, 0.25) is 0 Å². The van der Waals surface area contributed by atoms with Crippen LogP contribution in [0.15, 0.2) is 23.3 Å².